The van der Waals surface area contributed by atoms with Crippen molar-refractivity contribution in [3.63, 3.8) is 0 Å². The van der Waals surface area contributed by atoms with E-state index in [1.165, 1.54) is 48.6 Å². The zero-order valence-electron chi connectivity index (χ0n) is 41.0. The van der Waals surface area contributed by atoms with Crippen LogP contribution in [0.25, 0.3) is 23.3 Å². The van der Waals surface area contributed by atoms with Crippen LogP contribution in [0.4, 0.5) is 28.9 Å². The van der Waals surface area contributed by atoms with Gasteiger partial charge in [-0.2, -0.15) is 17.6 Å². The molecule has 0 bridgehead atoms. The van der Waals surface area contributed by atoms with E-state index in [4.69, 9.17) is 30.4 Å². The highest BCUT2D eigenvalue weighted by Crippen LogP contribution is 2.45. The minimum absolute atomic E-state index is 0.0540. The average molecular weight is 969 g/mol. The Hall–Kier alpha value is -5.78. The summed E-state index contributed by atoms with van der Waals surface area (Å²) in [5.74, 6) is -2.87. The molecule has 12 heteroatoms. The highest BCUT2D eigenvalue weighted by Gasteiger charge is 2.48. The van der Waals surface area contributed by atoms with Crippen LogP contribution >= 0.6 is 0 Å². The van der Waals surface area contributed by atoms with Crippen LogP contribution in [0.15, 0.2) is 97.1 Å². The van der Waals surface area contributed by atoms with Crippen LogP contribution in [-0.2, 0) is 32.3 Å². The van der Waals surface area contributed by atoms with Crippen molar-refractivity contribution in [1.29, 1.82) is 0 Å². The number of carbonyl (C=O) groups excluding carboxylic acids is 2. The largest absolute Gasteiger partial charge is 0.458 e. The Bertz CT molecular complexity index is 2170. The monoisotopic (exact) mass is 969 g/mol. The molecule has 70 heavy (non-hydrogen) atoms. The molecule has 4 aromatic rings. The minimum atomic E-state index is -3.28. The van der Waals surface area contributed by atoms with Gasteiger partial charge in [0.15, 0.2) is 0 Å². The van der Waals surface area contributed by atoms with Crippen LogP contribution < -0.4 is 20.9 Å². The fourth-order valence-electron chi connectivity index (χ4n) is 10.1. The summed E-state index contributed by atoms with van der Waals surface area (Å²) in [6, 6.07) is 22.8. The molecule has 4 N–H and O–H groups in total. The highest BCUT2D eigenvalue weighted by molar-refractivity contribution is 5.88. The van der Waals surface area contributed by atoms with Crippen LogP contribution in [0.1, 0.15) is 152 Å². The maximum absolute atomic E-state index is 15.5. The number of nitrogen functional groups attached to an aromatic ring is 2. The van der Waals surface area contributed by atoms with Gasteiger partial charge in [0.1, 0.15) is 24.7 Å². The third-order valence-electron chi connectivity index (χ3n) is 13.9. The third kappa shape index (κ3) is 16.1. The quantitative estimate of drug-likeness (QED) is 0.0221. The number of benzene rings is 4. The van der Waals surface area contributed by atoms with Crippen LogP contribution in [-0.4, -0.2) is 24.2 Å². The Morgan fingerprint density at radius 1 is 0.543 bits per heavy atom. The van der Waals surface area contributed by atoms with E-state index < -0.39 is 36.0 Å². The first kappa shape index (κ1) is 53.6. The molecule has 0 radical (unpaired) electrons. The second-order valence-electron chi connectivity index (χ2n) is 19.2. The molecule has 0 heterocycles. The van der Waals surface area contributed by atoms with Crippen molar-refractivity contribution in [2.75, 3.05) is 11.5 Å². The molecule has 0 saturated heterocycles. The van der Waals surface area contributed by atoms with Crippen molar-refractivity contribution in [2.45, 2.75) is 155 Å². The van der Waals surface area contributed by atoms with E-state index in [0.717, 1.165) is 103 Å². The van der Waals surface area contributed by atoms with Crippen LogP contribution in [0.5, 0.6) is 11.5 Å². The molecule has 0 aromatic heterocycles. The maximum Gasteiger partial charge on any atom is 0.400 e. The van der Waals surface area contributed by atoms with Gasteiger partial charge in [-0.15, -0.1) is 0 Å². The number of esters is 2. The third-order valence-corrected chi connectivity index (χ3v) is 13.9. The van der Waals surface area contributed by atoms with E-state index in [-0.39, 0.29) is 36.5 Å². The first-order chi connectivity index (χ1) is 33.7. The number of halogens is 4. The molecule has 2 aliphatic carbocycles. The molecule has 2 fully saturated rings. The van der Waals surface area contributed by atoms with Crippen molar-refractivity contribution in [3.05, 3.63) is 119 Å². The predicted octanol–water partition coefficient (Wildman–Crippen LogP) is 15.5. The Balaban J connectivity index is 1.01. The lowest BCUT2D eigenvalue weighted by atomic mass is 9.76. The van der Waals surface area contributed by atoms with Gasteiger partial charge in [0.25, 0.3) is 0 Å². The van der Waals surface area contributed by atoms with E-state index in [9.17, 15) is 9.59 Å². The lowest BCUT2D eigenvalue weighted by molar-refractivity contribution is -0.235. The zero-order valence-corrected chi connectivity index (χ0v) is 41.0. The number of nitrogens with two attached hydrogens (primary N) is 2. The number of rotatable bonds is 25. The van der Waals surface area contributed by atoms with Crippen molar-refractivity contribution in [3.8, 4) is 22.6 Å². The van der Waals surface area contributed by atoms with Gasteiger partial charge >= 0.3 is 24.2 Å². The van der Waals surface area contributed by atoms with Gasteiger partial charge in [0.05, 0.1) is 11.8 Å². The number of carbonyl (C=O) groups is 2. The number of anilines is 2. The molecule has 6 rings (SSSR count). The molecule has 4 atom stereocenters. The topological polar surface area (TPSA) is 123 Å². The predicted molar refractivity (Wildman–Crippen MR) is 271 cm³/mol. The van der Waals surface area contributed by atoms with Gasteiger partial charge in [0, 0.05) is 23.5 Å². The van der Waals surface area contributed by atoms with Gasteiger partial charge in [-0.05, 0) is 144 Å². The number of alkyl halides is 4. The van der Waals surface area contributed by atoms with Crippen molar-refractivity contribution >= 4 is 35.5 Å². The summed E-state index contributed by atoms with van der Waals surface area (Å²) >= 11 is 0. The normalized spacial score (nSPS) is 18.8. The summed E-state index contributed by atoms with van der Waals surface area (Å²) in [6.45, 7) is 4.00. The highest BCUT2D eigenvalue weighted by atomic mass is 19.3. The van der Waals surface area contributed by atoms with Gasteiger partial charge in [-0.1, -0.05) is 127 Å². The second kappa shape index (κ2) is 26.4. The number of ether oxygens (including phenoxy) is 4. The summed E-state index contributed by atoms with van der Waals surface area (Å²) in [6.07, 6.45) is 15.1. The minimum Gasteiger partial charge on any atom is -0.458 e. The fraction of sp³-hybridized carbons (Fsp3) is 0.483. The van der Waals surface area contributed by atoms with E-state index in [1.807, 2.05) is 0 Å². The van der Waals surface area contributed by atoms with Gasteiger partial charge in [0.2, 0.25) is 0 Å². The Labute approximate surface area is 412 Å². The van der Waals surface area contributed by atoms with E-state index >= 15 is 17.6 Å². The van der Waals surface area contributed by atoms with Gasteiger partial charge < -0.3 is 30.4 Å². The number of unbranched alkanes of at least 4 members (excludes halogenated alkanes) is 6. The lowest BCUT2D eigenvalue weighted by Gasteiger charge is -2.36. The summed E-state index contributed by atoms with van der Waals surface area (Å²) in [5, 5.41) is 0. The van der Waals surface area contributed by atoms with Crippen LogP contribution in [0.2, 0.25) is 0 Å². The number of hydrogen-bond donors (Lipinski definition) is 2. The molecule has 2 saturated carbocycles. The summed E-state index contributed by atoms with van der Waals surface area (Å²) in [7, 11) is 0. The Morgan fingerprint density at radius 3 is 1.31 bits per heavy atom. The molecule has 0 aliphatic heterocycles. The lowest BCUT2D eigenvalue weighted by Crippen LogP contribution is -2.41. The molecule has 4 aromatic carbocycles. The van der Waals surface area contributed by atoms with Crippen molar-refractivity contribution in [1.82, 2.24) is 0 Å². The average Bonchev–Trinajstić information content (AvgIpc) is 3.35. The molecule has 2 aliphatic rings. The SMILES string of the molecule is CCCCCCC1CCCCC1C(F)(F)Oc1ccc(/C=C/C(=O)OCc2cc(N)ccc2-c2ccc(N)cc2COC(=O)/C=C/c2ccc(OC(F)(F)C3CCCCC3CCCCCC)cc2)cc1. The Kier molecular flexibility index (Phi) is 20.2. The van der Waals surface area contributed by atoms with E-state index in [0.29, 0.717) is 57.6 Å². The molecule has 0 amide bonds. The van der Waals surface area contributed by atoms with Gasteiger partial charge in [-0.3, -0.25) is 0 Å². The van der Waals surface area contributed by atoms with Crippen LogP contribution in [0, 0.1) is 23.7 Å². The number of hydrogen-bond acceptors (Lipinski definition) is 8. The molecule has 0 spiro atoms. The Morgan fingerprint density at radius 2 is 0.929 bits per heavy atom. The molecular weight excluding hydrogens is 897 g/mol. The van der Waals surface area contributed by atoms with Gasteiger partial charge in [-0.25, -0.2) is 9.59 Å². The zero-order chi connectivity index (χ0) is 49.9. The standard InChI is InChI=1S/C58H72F4N2O6/c1-3-5-7-9-15-43-17-11-13-19-53(43)57(59,60)69-49-29-21-41(22-30-49)25-35-55(65)67-39-45-37-47(63)27-33-51(45)52-34-28-48(64)38-46(52)40-68-56(66)36-26-42-23-31-50(32-24-42)70-58(61,62)54-20-14-12-18-44(54)16-10-8-6-4-2/h21-38,43-44,53-54H,3-20,39-40,63-64H2,1-2H3/b35-25+,36-26+. The molecule has 378 valence electrons. The van der Waals surface area contributed by atoms with E-state index in [2.05, 4.69) is 13.8 Å². The van der Waals surface area contributed by atoms with Crippen LogP contribution in [0.3, 0.4) is 0 Å². The second-order valence-corrected chi connectivity index (χ2v) is 19.2. The molecule has 4 unspecified atom stereocenters. The molecular formula is C58H72F4N2O6. The first-order valence-corrected chi connectivity index (χ1v) is 25.5. The maximum atomic E-state index is 15.5. The van der Waals surface area contributed by atoms with E-state index in [1.54, 1.807) is 60.7 Å². The summed E-state index contributed by atoms with van der Waals surface area (Å²) in [4.78, 5) is 25.9. The first-order valence-electron chi connectivity index (χ1n) is 25.5. The molecule has 8 nitrogen and oxygen atoms in total. The smallest absolute Gasteiger partial charge is 0.400 e. The van der Waals surface area contributed by atoms with Crippen molar-refractivity contribution < 1.29 is 46.1 Å². The summed E-state index contributed by atoms with van der Waals surface area (Å²) < 4.78 is 84.0. The fourth-order valence-corrected chi connectivity index (χ4v) is 10.1. The van der Waals surface area contributed by atoms with Crippen molar-refractivity contribution in [2.24, 2.45) is 23.7 Å². The summed E-state index contributed by atoms with van der Waals surface area (Å²) in [5.41, 5.74) is 16.9.